The van der Waals surface area contributed by atoms with Gasteiger partial charge in [-0.05, 0) is 50.6 Å². The molecule has 13 nitrogen and oxygen atoms in total. The van der Waals surface area contributed by atoms with Crippen molar-refractivity contribution in [3.05, 3.63) is 60.0 Å². The van der Waals surface area contributed by atoms with Gasteiger partial charge < -0.3 is 25.2 Å². The van der Waals surface area contributed by atoms with Gasteiger partial charge in [-0.3, -0.25) is 19.2 Å². The number of piperazine rings is 1. The van der Waals surface area contributed by atoms with Crippen molar-refractivity contribution in [2.45, 2.75) is 32.2 Å². The first-order chi connectivity index (χ1) is 24.7. The second kappa shape index (κ2) is 15.3. The van der Waals surface area contributed by atoms with E-state index in [2.05, 4.69) is 63.6 Å². The standard InChI is InChI=1S/C34H40ClF3N10O3S/c1-5-22-19-27(29(51-34(36,37)38)20-28(22)47-13-9-23(10-14-47)46-17-15-45(3)16-18-46)43-33-41-21-24(35)32(44-33)42-26-8-7-25-30(40-12-11-39-25)31(26)48(6-2)52(4,49)50/h5,7-8,11-12,19-21,23H,1,6,9-10,13-18H2,2-4H3,(H2,41,42,43,44). The highest BCUT2D eigenvalue weighted by Gasteiger charge is 2.34. The molecule has 0 bridgehead atoms. The number of sulfonamides is 1. The van der Waals surface area contributed by atoms with Crippen molar-refractivity contribution in [3.8, 4) is 5.75 Å². The Labute approximate surface area is 305 Å². The van der Waals surface area contributed by atoms with Crippen LogP contribution in [-0.2, 0) is 10.0 Å². The molecule has 0 atom stereocenters. The number of ether oxygens (including phenoxy) is 1. The van der Waals surface area contributed by atoms with E-state index in [1.165, 1.54) is 35.0 Å². The van der Waals surface area contributed by atoms with Crippen molar-refractivity contribution in [3.63, 3.8) is 0 Å². The first-order valence-electron chi connectivity index (χ1n) is 16.8. The first-order valence-corrected chi connectivity index (χ1v) is 19.0. The molecule has 4 aromatic rings. The molecule has 2 aromatic heterocycles. The summed E-state index contributed by atoms with van der Waals surface area (Å²) in [5.41, 5.74) is 2.42. The topological polar surface area (TPSA) is 132 Å². The van der Waals surface area contributed by atoms with Crippen LogP contribution in [-0.4, -0.2) is 110 Å². The molecular weight excluding hydrogens is 721 g/mol. The average molecular weight is 761 g/mol. The molecule has 2 aliphatic rings. The number of anilines is 6. The van der Waals surface area contributed by atoms with Crippen LogP contribution in [0.15, 0.2) is 49.4 Å². The van der Waals surface area contributed by atoms with Crippen LogP contribution < -0.4 is 24.6 Å². The summed E-state index contributed by atoms with van der Waals surface area (Å²) in [4.78, 5) is 24.2. The van der Waals surface area contributed by atoms with Gasteiger partial charge in [0.25, 0.3) is 0 Å². The fourth-order valence-corrected chi connectivity index (χ4v) is 7.81. The van der Waals surface area contributed by atoms with E-state index >= 15 is 0 Å². The van der Waals surface area contributed by atoms with Crippen molar-refractivity contribution in [2.75, 3.05) is 79.0 Å². The van der Waals surface area contributed by atoms with E-state index in [9.17, 15) is 21.6 Å². The Balaban J connectivity index is 1.30. The van der Waals surface area contributed by atoms with Gasteiger partial charge in [-0.15, -0.1) is 13.2 Å². The number of hydrogen-bond acceptors (Lipinski definition) is 12. The van der Waals surface area contributed by atoms with Gasteiger partial charge in [0.15, 0.2) is 11.6 Å². The van der Waals surface area contributed by atoms with Gasteiger partial charge in [-0.1, -0.05) is 24.3 Å². The van der Waals surface area contributed by atoms with Gasteiger partial charge in [0.05, 0.1) is 29.3 Å². The van der Waals surface area contributed by atoms with Crippen LogP contribution in [0.5, 0.6) is 5.75 Å². The summed E-state index contributed by atoms with van der Waals surface area (Å²) >= 11 is 6.49. The van der Waals surface area contributed by atoms with E-state index in [0.717, 1.165) is 45.3 Å². The number of nitrogens with zero attached hydrogens (tertiary/aromatic N) is 8. The molecule has 18 heteroatoms. The highest BCUT2D eigenvalue weighted by Crippen LogP contribution is 2.41. The average Bonchev–Trinajstić information content (AvgIpc) is 3.10. The Kier molecular flexibility index (Phi) is 11.0. The Morgan fingerprint density at radius 3 is 2.40 bits per heavy atom. The van der Waals surface area contributed by atoms with Crippen LogP contribution in [0.25, 0.3) is 17.1 Å². The molecule has 0 radical (unpaired) electrons. The van der Waals surface area contributed by atoms with Crippen LogP contribution >= 0.6 is 11.6 Å². The molecule has 2 saturated heterocycles. The normalized spacial score (nSPS) is 16.6. The van der Waals surface area contributed by atoms with Gasteiger partial charge in [-0.2, -0.15) is 4.98 Å². The lowest BCUT2D eigenvalue weighted by Crippen LogP contribution is -2.52. The Morgan fingerprint density at radius 1 is 1.04 bits per heavy atom. The van der Waals surface area contributed by atoms with E-state index in [-0.39, 0.29) is 34.7 Å². The summed E-state index contributed by atoms with van der Waals surface area (Å²) in [5, 5.41) is 5.99. The van der Waals surface area contributed by atoms with Gasteiger partial charge in [0.2, 0.25) is 16.0 Å². The summed E-state index contributed by atoms with van der Waals surface area (Å²) in [6.45, 7) is 11.1. The number of benzene rings is 2. The predicted octanol–water partition coefficient (Wildman–Crippen LogP) is 6.10. The molecule has 2 aliphatic heterocycles. The van der Waals surface area contributed by atoms with E-state index in [1.54, 1.807) is 25.1 Å². The molecule has 0 amide bonds. The molecule has 2 fully saturated rings. The molecule has 0 saturated carbocycles. The minimum absolute atomic E-state index is 0.0486. The number of hydrogen-bond donors (Lipinski definition) is 2. The third-order valence-electron chi connectivity index (χ3n) is 9.23. The third-order valence-corrected chi connectivity index (χ3v) is 10.7. The maximum absolute atomic E-state index is 13.8. The number of piperidine rings is 1. The van der Waals surface area contributed by atoms with Gasteiger partial charge in [-0.25, -0.2) is 13.4 Å². The van der Waals surface area contributed by atoms with E-state index in [0.29, 0.717) is 47.1 Å². The second-order valence-electron chi connectivity index (χ2n) is 12.7. The maximum Gasteiger partial charge on any atom is 0.573 e. The fourth-order valence-electron chi connectivity index (χ4n) is 6.69. The number of alkyl halides is 3. The smallest absolute Gasteiger partial charge is 0.403 e. The first kappa shape index (κ1) is 37.3. The molecule has 0 spiro atoms. The zero-order valence-corrected chi connectivity index (χ0v) is 30.6. The number of halogens is 4. The summed E-state index contributed by atoms with van der Waals surface area (Å²) in [6.07, 6.45) is 3.67. The molecular formula is C34H40ClF3N10O3S. The number of aromatic nitrogens is 4. The maximum atomic E-state index is 13.8. The fraction of sp³-hybridized carbons (Fsp3) is 0.412. The van der Waals surface area contributed by atoms with Crippen molar-refractivity contribution in [2.24, 2.45) is 0 Å². The second-order valence-corrected chi connectivity index (χ2v) is 15.0. The van der Waals surface area contributed by atoms with Crippen molar-refractivity contribution in [1.82, 2.24) is 29.7 Å². The monoisotopic (exact) mass is 760 g/mol. The summed E-state index contributed by atoms with van der Waals surface area (Å²) < 4.78 is 72.7. The zero-order chi connectivity index (χ0) is 37.2. The summed E-state index contributed by atoms with van der Waals surface area (Å²) in [5.74, 6) is -0.521. The van der Waals surface area contributed by atoms with E-state index in [4.69, 9.17) is 11.6 Å². The number of fused-ring (bicyclic) bond motifs is 1. The van der Waals surface area contributed by atoms with Gasteiger partial charge in [0.1, 0.15) is 16.2 Å². The molecule has 0 aliphatic carbocycles. The molecule has 0 unspecified atom stereocenters. The Morgan fingerprint density at radius 2 is 1.75 bits per heavy atom. The van der Waals surface area contributed by atoms with Crippen LogP contribution in [0.3, 0.4) is 0 Å². The van der Waals surface area contributed by atoms with Gasteiger partial charge >= 0.3 is 6.36 Å². The molecule has 4 heterocycles. The third kappa shape index (κ3) is 8.43. The number of rotatable bonds is 11. The van der Waals surface area contributed by atoms with Crippen molar-refractivity contribution < 1.29 is 26.3 Å². The van der Waals surface area contributed by atoms with E-state index < -0.39 is 22.1 Å². The molecule has 6 rings (SSSR count). The van der Waals surface area contributed by atoms with Crippen molar-refractivity contribution >= 4 is 73.2 Å². The van der Waals surface area contributed by atoms with Crippen LogP contribution in [0, 0.1) is 0 Å². The SMILES string of the molecule is C=Cc1cc(Nc2ncc(Cl)c(Nc3ccc4nccnc4c3N(CC)S(C)(=O)=O)n2)c(OC(F)(F)F)cc1N1CCC(N2CCN(C)CC2)CC1. The lowest BCUT2D eigenvalue weighted by atomic mass is 10.00. The lowest BCUT2D eigenvalue weighted by molar-refractivity contribution is -0.274. The highest BCUT2D eigenvalue weighted by atomic mass is 35.5. The highest BCUT2D eigenvalue weighted by molar-refractivity contribution is 7.92. The van der Waals surface area contributed by atoms with Crippen LogP contribution in [0.2, 0.25) is 5.02 Å². The molecule has 2 aromatic carbocycles. The van der Waals surface area contributed by atoms with E-state index in [1.807, 2.05) is 0 Å². The summed E-state index contributed by atoms with van der Waals surface area (Å²) in [7, 11) is -1.64. The number of nitrogens with one attached hydrogen (secondary N) is 2. The van der Waals surface area contributed by atoms with Crippen LogP contribution in [0.4, 0.5) is 47.7 Å². The van der Waals surface area contributed by atoms with Crippen molar-refractivity contribution in [1.29, 1.82) is 0 Å². The molecule has 2 N–H and O–H groups in total. The minimum Gasteiger partial charge on any atom is -0.403 e. The lowest BCUT2D eigenvalue weighted by Gasteiger charge is -2.43. The predicted molar refractivity (Wildman–Crippen MR) is 199 cm³/mol. The van der Waals surface area contributed by atoms with Gasteiger partial charge in [0, 0.05) is 76.0 Å². The quantitative estimate of drug-likeness (QED) is 0.183. The Bertz CT molecular complexity index is 2040. The summed E-state index contributed by atoms with van der Waals surface area (Å²) in [6, 6.07) is 6.58. The molecule has 278 valence electrons. The Hall–Kier alpha value is -4.45. The number of likely N-dealkylation sites (N-methyl/N-ethyl adjacent to an activating group) is 1. The molecule has 52 heavy (non-hydrogen) atoms. The van der Waals surface area contributed by atoms with Crippen LogP contribution in [0.1, 0.15) is 25.3 Å². The largest absolute Gasteiger partial charge is 0.573 e. The zero-order valence-electron chi connectivity index (χ0n) is 29.0. The minimum atomic E-state index is -4.98.